The van der Waals surface area contributed by atoms with Gasteiger partial charge in [0.05, 0.1) is 5.75 Å². The van der Waals surface area contributed by atoms with Crippen LogP contribution in [0.2, 0.25) is 0 Å². The van der Waals surface area contributed by atoms with E-state index in [9.17, 15) is 13.6 Å². The molecule has 0 aliphatic rings. The van der Waals surface area contributed by atoms with Crippen molar-refractivity contribution in [2.24, 2.45) is 0 Å². The lowest BCUT2D eigenvalue weighted by Gasteiger charge is -2.07. The Balaban J connectivity index is 1.38. The highest BCUT2D eigenvalue weighted by molar-refractivity contribution is 7.99. The second-order valence-electron chi connectivity index (χ2n) is 5.74. The zero-order chi connectivity index (χ0) is 19.8. The summed E-state index contributed by atoms with van der Waals surface area (Å²) in [4.78, 5) is 16.3. The lowest BCUT2D eigenvalue weighted by molar-refractivity contribution is -0.118. The number of carbonyl (C=O) groups excluding carboxylic acids is 1. The number of aromatic nitrogens is 3. The Kier molecular flexibility index (Phi) is 6.96. The molecule has 6 nitrogen and oxygen atoms in total. The zero-order valence-corrected chi connectivity index (χ0v) is 15.6. The number of aromatic amines is 1. The zero-order valence-electron chi connectivity index (χ0n) is 14.8. The van der Waals surface area contributed by atoms with E-state index in [0.717, 1.165) is 11.1 Å². The van der Waals surface area contributed by atoms with Crippen LogP contribution in [0.1, 0.15) is 5.56 Å². The minimum absolute atomic E-state index is 0.112. The maximum absolute atomic E-state index is 12.1. The van der Waals surface area contributed by atoms with Gasteiger partial charge in [0.15, 0.2) is 5.82 Å². The number of rotatable bonds is 9. The van der Waals surface area contributed by atoms with Gasteiger partial charge in [0, 0.05) is 12.1 Å². The van der Waals surface area contributed by atoms with Gasteiger partial charge in [-0.25, -0.2) is 4.98 Å². The number of amides is 1. The average molecular weight is 404 g/mol. The van der Waals surface area contributed by atoms with Crippen molar-refractivity contribution < 1.29 is 18.3 Å². The molecule has 146 valence electrons. The van der Waals surface area contributed by atoms with Crippen LogP contribution in [-0.2, 0) is 11.2 Å². The fourth-order valence-electron chi connectivity index (χ4n) is 2.40. The Morgan fingerprint density at radius 3 is 2.61 bits per heavy atom. The summed E-state index contributed by atoms with van der Waals surface area (Å²) in [5.41, 5.74) is 1.84. The number of alkyl halides is 2. The highest BCUT2D eigenvalue weighted by Gasteiger charge is 2.09. The van der Waals surface area contributed by atoms with Crippen molar-refractivity contribution in [2.45, 2.75) is 18.2 Å². The minimum Gasteiger partial charge on any atom is -0.435 e. The van der Waals surface area contributed by atoms with Gasteiger partial charge in [-0.05, 0) is 24.1 Å². The van der Waals surface area contributed by atoms with Crippen molar-refractivity contribution >= 4 is 17.7 Å². The molecule has 1 heterocycles. The van der Waals surface area contributed by atoms with E-state index in [1.54, 1.807) is 12.1 Å². The molecule has 0 fully saturated rings. The SMILES string of the molecule is O=C(CSc1n[nH]c(-c2ccccc2)n1)NCCc1ccc(OC(F)F)cc1. The molecule has 0 bridgehead atoms. The summed E-state index contributed by atoms with van der Waals surface area (Å²) in [5.74, 6) is 0.838. The van der Waals surface area contributed by atoms with E-state index in [-0.39, 0.29) is 17.4 Å². The van der Waals surface area contributed by atoms with E-state index < -0.39 is 6.61 Å². The van der Waals surface area contributed by atoms with Crippen molar-refractivity contribution in [3.05, 3.63) is 60.2 Å². The molecule has 0 aliphatic heterocycles. The first-order valence-corrected chi connectivity index (χ1v) is 9.50. The lowest BCUT2D eigenvalue weighted by Crippen LogP contribution is -2.27. The third-order valence-corrected chi connectivity index (χ3v) is 4.58. The number of nitrogens with zero attached hydrogens (tertiary/aromatic N) is 2. The van der Waals surface area contributed by atoms with Gasteiger partial charge in [-0.1, -0.05) is 54.2 Å². The molecule has 2 aromatic carbocycles. The number of H-pyrrole nitrogens is 1. The van der Waals surface area contributed by atoms with E-state index >= 15 is 0 Å². The van der Waals surface area contributed by atoms with Gasteiger partial charge >= 0.3 is 6.61 Å². The predicted octanol–water partition coefficient (Wildman–Crippen LogP) is 3.52. The molecule has 9 heteroatoms. The third kappa shape index (κ3) is 6.05. The van der Waals surface area contributed by atoms with Gasteiger partial charge in [0.25, 0.3) is 0 Å². The van der Waals surface area contributed by atoms with E-state index in [1.165, 1.54) is 23.9 Å². The molecule has 2 N–H and O–H groups in total. The van der Waals surface area contributed by atoms with Crippen molar-refractivity contribution in [3.63, 3.8) is 0 Å². The van der Waals surface area contributed by atoms with Gasteiger partial charge in [-0.3, -0.25) is 9.89 Å². The highest BCUT2D eigenvalue weighted by atomic mass is 32.2. The van der Waals surface area contributed by atoms with E-state index in [2.05, 4.69) is 25.2 Å². The molecule has 0 atom stereocenters. The van der Waals surface area contributed by atoms with Gasteiger partial charge in [0.1, 0.15) is 5.75 Å². The molecule has 0 spiro atoms. The molecule has 0 unspecified atom stereocenters. The van der Waals surface area contributed by atoms with Gasteiger partial charge in [-0.2, -0.15) is 8.78 Å². The second kappa shape index (κ2) is 9.84. The Hall–Kier alpha value is -2.94. The van der Waals surface area contributed by atoms with Crippen LogP contribution in [0, 0.1) is 0 Å². The van der Waals surface area contributed by atoms with Crippen molar-refractivity contribution in [1.82, 2.24) is 20.5 Å². The molecule has 3 rings (SSSR count). The first kappa shape index (κ1) is 19.8. The summed E-state index contributed by atoms with van der Waals surface area (Å²) < 4.78 is 28.5. The predicted molar refractivity (Wildman–Crippen MR) is 102 cm³/mol. The van der Waals surface area contributed by atoms with Gasteiger partial charge in [-0.15, -0.1) is 5.10 Å². The summed E-state index contributed by atoms with van der Waals surface area (Å²) in [6.07, 6.45) is 0.587. The Labute approximate surface area is 164 Å². The monoisotopic (exact) mass is 404 g/mol. The fraction of sp³-hybridized carbons (Fsp3) is 0.211. The molecule has 1 aromatic heterocycles. The van der Waals surface area contributed by atoms with Crippen molar-refractivity contribution in [2.75, 3.05) is 12.3 Å². The Morgan fingerprint density at radius 2 is 1.89 bits per heavy atom. The second-order valence-corrected chi connectivity index (χ2v) is 6.69. The van der Waals surface area contributed by atoms with Gasteiger partial charge in [0.2, 0.25) is 11.1 Å². The van der Waals surface area contributed by atoms with Crippen LogP contribution in [0.5, 0.6) is 5.75 Å². The maximum atomic E-state index is 12.1. The largest absolute Gasteiger partial charge is 0.435 e. The molecule has 0 aliphatic carbocycles. The van der Waals surface area contributed by atoms with Crippen LogP contribution in [-0.4, -0.2) is 40.0 Å². The quantitative estimate of drug-likeness (QED) is 0.534. The Morgan fingerprint density at radius 1 is 1.14 bits per heavy atom. The number of carbonyl (C=O) groups is 1. The first-order valence-electron chi connectivity index (χ1n) is 8.51. The first-order chi connectivity index (χ1) is 13.6. The number of halogens is 2. The molecular formula is C19H18F2N4O2S. The maximum Gasteiger partial charge on any atom is 0.387 e. The Bertz CT molecular complexity index is 888. The topological polar surface area (TPSA) is 79.9 Å². The summed E-state index contributed by atoms with van der Waals surface area (Å²) in [6, 6.07) is 15.9. The number of hydrogen-bond acceptors (Lipinski definition) is 5. The molecule has 28 heavy (non-hydrogen) atoms. The summed E-state index contributed by atoms with van der Waals surface area (Å²) >= 11 is 1.24. The summed E-state index contributed by atoms with van der Waals surface area (Å²) in [7, 11) is 0. The molecule has 0 saturated carbocycles. The van der Waals surface area contributed by atoms with Crippen LogP contribution in [0.3, 0.4) is 0 Å². The standard InChI is InChI=1S/C19H18F2N4O2S/c20-18(21)27-15-8-6-13(7-9-15)10-11-22-16(26)12-28-19-23-17(24-25-19)14-4-2-1-3-5-14/h1-9,18H,10-12H2,(H,22,26)(H,23,24,25). The number of hydrogen-bond donors (Lipinski definition) is 2. The molecular weight excluding hydrogens is 386 g/mol. The molecule has 0 saturated heterocycles. The van der Waals surface area contributed by atoms with E-state index in [1.807, 2.05) is 30.3 Å². The fourth-order valence-corrected chi connectivity index (χ4v) is 3.03. The van der Waals surface area contributed by atoms with Crippen molar-refractivity contribution in [1.29, 1.82) is 0 Å². The minimum atomic E-state index is -2.84. The van der Waals surface area contributed by atoms with Crippen LogP contribution < -0.4 is 10.1 Å². The smallest absolute Gasteiger partial charge is 0.387 e. The number of benzene rings is 2. The third-order valence-electron chi connectivity index (χ3n) is 3.73. The molecule has 3 aromatic rings. The number of thioether (sulfide) groups is 1. The summed E-state index contributed by atoms with van der Waals surface area (Å²) in [6.45, 7) is -2.40. The van der Waals surface area contributed by atoms with Crippen LogP contribution in [0.25, 0.3) is 11.4 Å². The van der Waals surface area contributed by atoms with E-state index in [4.69, 9.17) is 0 Å². The van der Waals surface area contributed by atoms with Crippen LogP contribution in [0.4, 0.5) is 8.78 Å². The highest BCUT2D eigenvalue weighted by Crippen LogP contribution is 2.18. The van der Waals surface area contributed by atoms with Gasteiger partial charge < -0.3 is 10.1 Å². The number of nitrogens with one attached hydrogen (secondary N) is 2. The van der Waals surface area contributed by atoms with Crippen LogP contribution in [0.15, 0.2) is 59.8 Å². The lowest BCUT2D eigenvalue weighted by atomic mass is 10.1. The average Bonchev–Trinajstić information content (AvgIpc) is 3.17. The van der Waals surface area contributed by atoms with Crippen LogP contribution >= 0.6 is 11.8 Å². The summed E-state index contributed by atoms with van der Waals surface area (Å²) in [5, 5.41) is 10.3. The van der Waals surface area contributed by atoms with E-state index in [0.29, 0.717) is 23.9 Å². The normalized spacial score (nSPS) is 10.8. The van der Waals surface area contributed by atoms with Crippen molar-refractivity contribution in [3.8, 4) is 17.1 Å². The molecule has 0 radical (unpaired) electrons. The molecule has 1 amide bonds. The number of ether oxygens (including phenoxy) is 1.